The SMILES string of the molecule is CC(NC(=O)C(F)(F)C(F)(F)C(F)(F)F)C(=O)[O-].[Na+]. The molecule has 1 amide bonds. The first kappa shape index (κ1) is 20.8. The quantitative estimate of drug-likeness (QED) is 0.447. The molecule has 19 heavy (non-hydrogen) atoms. The molecule has 1 unspecified atom stereocenters. The van der Waals surface area contributed by atoms with Crippen LogP contribution in [0.1, 0.15) is 6.92 Å². The van der Waals surface area contributed by atoms with E-state index in [1.807, 2.05) is 0 Å². The summed E-state index contributed by atoms with van der Waals surface area (Å²) in [4.78, 5) is 20.6. The smallest absolute Gasteiger partial charge is 0.548 e. The Morgan fingerprint density at radius 3 is 1.68 bits per heavy atom. The summed E-state index contributed by atoms with van der Waals surface area (Å²) in [5, 5.41) is 10.8. The number of hydrogen-bond acceptors (Lipinski definition) is 3. The number of carboxylic acids is 1. The number of halogens is 7. The molecule has 0 bridgehead atoms. The number of carbonyl (C=O) groups is 2. The van der Waals surface area contributed by atoms with Crippen molar-refractivity contribution in [3.63, 3.8) is 0 Å². The van der Waals surface area contributed by atoms with Gasteiger partial charge in [-0.15, -0.1) is 0 Å². The van der Waals surface area contributed by atoms with Crippen molar-refractivity contribution in [3.8, 4) is 0 Å². The largest absolute Gasteiger partial charge is 1.00 e. The van der Waals surface area contributed by atoms with Gasteiger partial charge in [0.2, 0.25) is 0 Å². The van der Waals surface area contributed by atoms with Crippen LogP contribution in [0, 0.1) is 0 Å². The Morgan fingerprint density at radius 2 is 1.42 bits per heavy atom. The van der Waals surface area contributed by atoms with Crippen molar-refractivity contribution in [1.29, 1.82) is 0 Å². The summed E-state index contributed by atoms with van der Waals surface area (Å²) >= 11 is 0. The maximum absolute atomic E-state index is 12.6. The Hall–Kier alpha value is -0.550. The van der Waals surface area contributed by atoms with Crippen LogP contribution in [0.15, 0.2) is 0 Å². The molecule has 0 aliphatic rings. The molecule has 0 aromatic rings. The van der Waals surface area contributed by atoms with Crippen LogP contribution < -0.4 is 40.0 Å². The van der Waals surface area contributed by atoms with Crippen molar-refractivity contribution in [2.24, 2.45) is 0 Å². The number of nitrogens with one attached hydrogen (secondary N) is 1. The Labute approximate surface area is 123 Å². The van der Waals surface area contributed by atoms with Gasteiger partial charge in [-0.25, -0.2) is 0 Å². The maximum atomic E-state index is 12.6. The predicted octanol–water partition coefficient (Wildman–Crippen LogP) is -2.92. The Morgan fingerprint density at radius 1 is 1.05 bits per heavy atom. The van der Waals surface area contributed by atoms with E-state index in [1.54, 1.807) is 0 Å². The van der Waals surface area contributed by atoms with Crippen molar-refractivity contribution in [2.45, 2.75) is 31.0 Å². The molecule has 1 N–H and O–H groups in total. The molecule has 0 saturated heterocycles. The second-order valence-electron chi connectivity index (χ2n) is 3.16. The topological polar surface area (TPSA) is 69.2 Å². The fraction of sp³-hybridized carbons (Fsp3) is 0.714. The van der Waals surface area contributed by atoms with Crippen molar-refractivity contribution < 1.29 is 75.0 Å². The summed E-state index contributed by atoms with van der Waals surface area (Å²) < 4.78 is 84.8. The van der Waals surface area contributed by atoms with Crippen molar-refractivity contribution >= 4 is 11.9 Å². The molecule has 0 aromatic carbocycles. The van der Waals surface area contributed by atoms with Crippen molar-refractivity contribution in [3.05, 3.63) is 0 Å². The minimum Gasteiger partial charge on any atom is -0.548 e. The molecule has 4 nitrogen and oxygen atoms in total. The molecule has 106 valence electrons. The van der Waals surface area contributed by atoms with Crippen molar-refractivity contribution in [1.82, 2.24) is 5.32 Å². The monoisotopic (exact) mass is 307 g/mol. The first-order chi connectivity index (χ1) is 7.75. The van der Waals surface area contributed by atoms with Gasteiger partial charge in [0.1, 0.15) is 0 Å². The van der Waals surface area contributed by atoms with E-state index >= 15 is 0 Å². The third-order valence-electron chi connectivity index (χ3n) is 1.74. The minimum absolute atomic E-state index is 0. The molecule has 0 fully saturated rings. The molecule has 0 radical (unpaired) electrons. The van der Waals surface area contributed by atoms with Gasteiger partial charge in [0.15, 0.2) is 0 Å². The second-order valence-corrected chi connectivity index (χ2v) is 3.16. The number of carbonyl (C=O) groups excluding carboxylic acids is 2. The van der Waals surface area contributed by atoms with Crippen molar-refractivity contribution in [2.75, 3.05) is 0 Å². The van der Waals surface area contributed by atoms with E-state index in [0.29, 0.717) is 6.92 Å². The molecule has 1 atom stereocenters. The molecule has 0 aliphatic heterocycles. The molecule has 0 spiro atoms. The molecule has 0 heterocycles. The van der Waals surface area contributed by atoms with E-state index in [0.717, 1.165) is 5.32 Å². The average molecular weight is 307 g/mol. The van der Waals surface area contributed by atoms with Gasteiger partial charge in [0, 0.05) is 0 Å². The number of alkyl halides is 7. The summed E-state index contributed by atoms with van der Waals surface area (Å²) in [7, 11) is 0. The number of amides is 1. The maximum Gasteiger partial charge on any atom is 1.00 e. The summed E-state index contributed by atoms with van der Waals surface area (Å²) in [5.41, 5.74) is 0. The Kier molecular flexibility index (Phi) is 6.85. The van der Waals surface area contributed by atoms with Gasteiger partial charge in [-0.2, -0.15) is 30.7 Å². The molecular weight excluding hydrogens is 302 g/mol. The predicted molar refractivity (Wildman–Crippen MR) is 38.6 cm³/mol. The van der Waals surface area contributed by atoms with E-state index < -0.39 is 35.9 Å². The summed E-state index contributed by atoms with van der Waals surface area (Å²) in [6.45, 7) is 0.551. The van der Waals surface area contributed by atoms with Crippen LogP contribution in [0.3, 0.4) is 0 Å². The number of aliphatic carboxylic acids is 1. The summed E-state index contributed by atoms with van der Waals surface area (Å²) in [6.07, 6.45) is -6.67. The molecular formula is C7H5F7NNaO3. The van der Waals surface area contributed by atoms with Crippen LogP contribution in [0.25, 0.3) is 0 Å². The summed E-state index contributed by atoms with van der Waals surface area (Å²) in [5.74, 6) is -18.0. The van der Waals surface area contributed by atoms with Gasteiger partial charge in [0.05, 0.1) is 12.0 Å². The van der Waals surface area contributed by atoms with Crippen LogP contribution in [-0.4, -0.2) is 35.9 Å². The molecule has 0 rings (SSSR count). The van der Waals surface area contributed by atoms with Crippen LogP contribution in [0.4, 0.5) is 30.7 Å². The number of carboxylic acid groups (broad SMARTS) is 1. The Balaban J connectivity index is 0. The van der Waals surface area contributed by atoms with Gasteiger partial charge in [-0.05, 0) is 6.92 Å². The molecule has 0 saturated carbocycles. The normalized spacial score (nSPS) is 14.3. The van der Waals surface area contributed by atoms with Gasteiger partial charge in [0.25, 0.3) is 5.91 Å². The fourth-order valence-electron chi connectivity index (χ4n) is 0.667. The first-order valence-electron chi connectivity index (χ1n) is 4.09. The third kappa shape index (κ3) is 4.21. The third-order valence-corrected chi connectivity index (χ3v) is 1.74. The van der Waals surface area contributed by atoms with Gasteiger partial charge in [-0.3, -0.25) is 4.79 Å². The standard InChI is InChI=1S/C7H6F7NO3.Na/c1-2(3(16)17)15-4(18)5(8,9)6(10,11)7(12,13)14;/h2H,1H3,(H,15,18)(H,16,17);/q;+1/p-1. The van der Waals surface area contributed by atoms with Crippen LogP contribution in [-0.2, 0) is 9.59 Å². The second kappa shape index (κ2) is 6.27. The van der Waals surface area contributed by atoms with Crippen LogP contribution in [0.5, 0.6) is 0 Å². The average Bonchev–Trinajstić information content (AvgIpc) is 2.14. The zero-order valence-corrected chi connectivity index (χ0v) is 11.4. The van der Waals surface area contributed by atoms with Crippen LogP contribution >= 0.6 is 0 Å². The van der Waals surface area contributed by atoms with E-state index in [9.17, 15) is 45.4 Å². The number of hydrogen-bond donors (Lipinski definition) is 1. The van der Waals surface area contributed by atoms with E-state index in [1.165, 1.54) is 0 Å². The molecule has 12 heteroatoms. The fourth-order valence-corrected chi connectivity index (χ4v) is 0.667. The number of rotatable bonds is 4. The Bertz CT molecular complexity index is 357. The first-order valence-corrected chi connectivity index (χ1v) is 4.09. The van der Waals surface area contributed by atoms with Gasteiger partial charge >= 0.3 is 47.6 Å². The van der Waals surface area contributed by atoms with Gasteiger partial charge < -0.3 is 15.2 Å². The summed E-state index contributed by atoms with van der Waals surface area (Å²) in [6, 6.07) is -2.16. The van der Waals surface area contributed by atoms with Crippen LogP contribution in [0.2, 0.25) is 0 Å². The molecule has 0 aromatic heterocycles. The zero-order chi connectivity index (χ0) is 14.9. The van der Waals surface area contributed by atoms with E-state index in [2.05, 4.69) is 0 Å². The van der Waals surface area contributed by atoms with E-state index in [4.69, 9.17) is 0 Å². The van der Waals surface area contributed by atoms with Gasteiger partial charge in [-0.1, -0.05) is 0 Å². The molecule has 0 aliphatic carbocycles. The van der Waals surface area contributed by atoms with E-state index in [-0.39, 0.29) is 29.6 Å². The minimum atomic E-state index is -6.67. The zero-order valence-electron chi connectivity index (χ0n) is 9.45.